The molecule has 13 heteroatoms. The van der Waals surface area contributed by atoms with Crippen molar-refractivity contribution < 1.29 is 24.6 Å². The van der Waals surface area contributed by atoms with Crippen molar-refractivity contribution in [2.24, 2.45) is 0 Å². The van der Waals surface area contributed by atoms with Crippen LogP contribution in [0, 0.1) is 0 Å². The highest BCUT2D eigenvalue weighted by atomic mass is 16.4. The van der Waals surface area contributed by atoms with Crippen LogP contribution in [0.15, 0.2) is 29.1 Å². The predicted octanol–water partition coefficient (Wildman–Crippen LogP) is -2.93. The molecule has 13 nitrogen and oxygen atoms in total. The summed E-state index contributed by atoms with van der Waals surface area (Å²) in [6, 6.07) is 4.75. The van der Waals surface area contributed by atoms with E-state index in [-0.39, 0.29) is 29.5 Å². The maximum atomic E-state index is 12.3. The molecule has 0 bridgehead atoms. The van der Waals surface area contributed by atoms with E-state index in [0.717, 1.165) is 0 Å². The number of aromatic nitrogens is 2. The summed E-state index contributed by atoms with van der Waals surface area (Å²) in [4.78, 5) is 54.5. The Morgan fingerprint density at radius 2 is 1.97 bits per heavy atom. The molecule has 33 heavy (non-hydrogen) atoms. The number of hydrogen-bond acceptors (Lipinski definition) is 11. The monoisotopic (exact) mass is 457 g/mol. The van der Waals surface area contributed by atoms with Gasteiger partial charge in [-0.05, 0) is 37.1 Å². The van der Waals surface area contributed by atoms with Crippen LogP contribution >= 0.6 is 0 Å². The highest BCUT2D eigenvalue weighted by molar-refractivity contribution is 5.96. The highest BCUT2D eigenvalue weighted by Gasteiger charge is 2.27. The van der Waals surface area contributed by atoms with Crippen LogP contribution in [0.5, 0.6) is 0 Å². The molecule has 1 aromatic carbocycles. The third-order valence-electron chi connectivity index (χ3n) is 5.23. The second-order valence-electron chi connectivity index (χ2n) is 7.51. The molecule has 0 radical (unpaired) electrons. The van der Waals surface area contributed by atoms with Gasteiger partial charge in [0.15, 0.2) is 5.82 Å². The summed E-state index contributed by atoms with van der Waals surface area (Å²) in [6.45, 7) is 0.984. The Bertz CT molecular complexity index is 1100. The molecule has 0 spiro atoms. The third kappa shape index (κ3) is 5.70. The first kappa shape index (κ1) is 23.4. The van der Waals surface area contributed by atoms with Crippen LogP contribution in [-0.4, -0.2) is 60.0 Å². The number of nitrogens with two attached hydrogens (primary N) is 1. The molecule has 0 saturated heterocycles. The molecule has 0 aliphatic carbocycles. The van der Waals surface area contributed by atoms with Gasteiger partial charge in [-0.25, -0.2) is 0 Å². The molecule has 6 N–H and O–H groups in total. The number of nitrogens with one attached hydrogen (secondary N) is 4. The van der Waals surface area contributed by atoms with Crippen molar-refractivity contribution in [2.45, 2.75) is 24.9 Å². The van der Waals surface area contributed by atoms with Gasteiger partial charge in [-0.15, -0.1) is 0 Å². The zero-order valence-electron chi connectivity index (χ0n) is 17.7. The Morgan fingerprint density at radius 1 is 1.27 bits per heavy atom. The number of benzene rings is 1. The number of aromatic amines is 1. The number of amides is 1. The second kappa shape index (κ2) is 9.89. The first-order chi connectivity index (χ1) is 15.7. The third-order valence-corrected chi connectivity index (χ3v) is 5.23. The van der Waals surface area contributed by atoms with E-state index in [1.54, 1.807) is 24.1 Å². The average Bonchev–Trinajstić information content (AvgIpc) is 2.75. The van der Waals surface area contributed by atoms with Crippen molar-refractivity contribution in [1.29, 1.82) is 0 Å². The summed E-state index contributed by atoms with van der Waals surface area (Å²) < 4.78 is 0. The lowest BCUT2D eigenvalue weighted by Crippen LogP contribution is -2.48. The summed E-state index contributed by atoms with van der Waals surface area (Å²) in [5.41, 5.74) is 6.51. The first-order valence-corrected chi connectivity index (χ1v) is 10.1. The number of carbonyl (C=O) groups excluding carboxylic acids is 3. The maximum Gasteiger partial charge on any atom is 0.278 e. The Balaban J connectivity index is 1.58. The number of likely N-dealkylation sites (N-methyl/N-ethyl adjacent to an activating group) is 1. The van der Waals surface area contributed by atoms with Gasteiger partial charge >= 0.3 is 0 Å². The van der Waals surface area contributed by atoms with E-state index in [0.29, 0.717) is 30.3 Å². The SMILES string of the molecule is CN1c2c(nc(N)[nH]c2=O)NC[C@@H]1CNc1ccc(C(=O)N[C@@H](CCC(=O)[O-])C(=O)[O-])cc1. The molecule has 0 unspecified atom stereocenters. The molecular formula is C20H23N7O6-2. The van der Waals surface area contributed by atoms with Gasteiger partial charge in [0.25, 0.3) is 11.5 Å². The van der Waals surface area contributed by atoms with E-state index >= 15 is 0 Å². The maximum absolute atomic E-state index is 12.3. The van der Waals surface area contributed by atoms with Gasteiger partial charge in [0.2, 0.25) is 5.95 Å². The average molecular weight is 457 g/mol. The zero-order valence-corrected chi connectivity index (χ0v) is 17.7. The smallest absolute Gasteiger partial charge is 0.278 e. The van der Waals surface area contributed by atoms with Crippen molar-refractivity contribution in [3.63, 3.8) is 0 Å². The number of carboxylic acid groups (broad SMARTS) is 2. The topological polar surface area (TPSA) is 208 Å². The van der Waals surface area contributed by atoms with E-state index < -0.39 is 30.3 Å². The lowest BCUT2D eigenvalue weighted by Gasteiger charge is -2.35. The van der Waals surface area contributed by atoms with Crippen molar-refractivity contribution in [2.75, 3.05) is 41.4 Å². The van der Waals surface area contributed by atoms with Crippen LogP contribution in [-0.2, 0) is 9.59 Å². The van der Waals surface area contributed by atoms with Crippen molar-refractivity contribution >= 4 is 41.0 Å². The van der Waals surface area contributed by atoms with E-state index in [4.69, 9.17) is 5.73 Å². The Hall–Kier alpha value is -4.29. The molecule has 2 atom stereocenters. The van der Waals surface area contributed by atoms with Gasteiger partial charge in [0.1, 0.15) is 5.69 Å². The largest absolute Gasteiger partial charge is 0.550 e. The summed E-state index contributed by atoms with van der Waals surface area (Å²) >= 11 is 0. The Morgan fingerprint density at radius 3 is 2.61 bits per heavy atom. The van der Waals surface area contributed by atoms with E-state index in [9.17, 15) is 29.4 Å². The number of fused-ring (bicyclic) bond motifs is 1. The number of H-pyrrole nitrogens is 1. The fraction of sp³-hybridized carbons (Fsp3) is 0.350. The molecule has 0 saturated carbocycles. The van der Waals surface area contributed by atoms with Gasteiger partial charge in [-0.2, -0.15) is 4.98 Å². The van der Waals surface area contributed by atoms with Crippen LogP contribution in [0.1, 0.15) is 23.2 Å². The van der Waals surface area contributed by atoms with Gasteiger partial charge in [-0.3, -0.25) is 14.6 Å². The highest BCUT2D eigenvalue weighted by Crippen LogP contribution is 2.25. The Labute approximate surface area is 188 Å². The van der Waals surface area contributed by atoms with Crippen molar-refractivity contribution in [3.05, 3.63) is 40.2 Å². The molecule has 1 aliphatic rings. The second-order valence-corrected chi connectivity index (χ2v) is 7.51. The Kier molecular flexibility index (Phi) is 7.00. The summed E-state index contributed by atoms with van der Waals surface area (Å²) in [7, 11) is 1.78. The van der Waals surface area contributed by atoms with Gasteiger partial charge < -0.3 is 46.4 Å². The van der Waals surface area contributed by atoms with Crippen molar-refractivity contribution in [3.8, 4) is 0 Å². The van der Waals surface area contributed by atoms with Crippen LogP contribution in [0.25, 0.3) is 0 Å². The number of carbonyl (C=O) groups is 3. The van der Waals surface area contributed by atoms with E-state index in [1.807, 2.05) is 0 Å². The van der Waals surface area contributed by atoms with E-state index in [1.165, 1.54) is 12.1 Å². The summed E-state index contributed by atoms with van der Waals surface area (Å²) in [5.74, 6) is -3.22. The standard InChI is InChI=1S/C20H25N7O6/c1-27-12(9-23-16-15(27)18(31)26-20(21)25-16)8-22-11-4-2-10(3-5-11)17(30)24-13(19(32)33)6-7-14(28)29/h2-5,12-13,22H,6-9H2,1H3,(H,24,30)(H,28,29)(H,32,33)(H4,21,23,25,26,31)/p-2/t12-,13-/m0/s1. The molecule has 2 aromatic rings. The van der Waals surface area contributed by atoms with E-state index in [2.05, 4.69) is 25.9 Å². The molecule has 1 aromatic heterocycles. The summed E-state index contributed by atoms with van der Waals surface area (Å²) in [5, 5.41) is 30.2. The molecule has 2 heterocycles. The lowest BCUT2D eigenvalue weighted by atomic mass is 10.1. The van der Waals surface area contributed by atoms with Gasteiger partial charge in [0, 0.05) is 37.4 Å². The first-order valence-electron chi connectivity index (χ1n) is 10.1. The number of nitrogens with zero attached hydrogens (tertiary/aromatic N) is 2. The molecular weight excluding hydrogens is 434 g/mol. The quantitative estimate of drug-likeness (QED) is 0.257. The van der Waals surface area contributed by atoms with Crippen molar-refractivity contribution in [1.82, 2.24) is 15.3 Å². The molecule has 1 aliphatic heterocycles. The summed E-state index contributed by atoms with van der Waals surface area (Å²) in [6.07, 6.45) is -0.862. The fourth-order valence-corrected chi connectivity index (χ4v) is 3.41. The number of aliphatic carboxylic acids is 2. The van der Waals surface area contributed by atoms with Crippen LogP contribution < -0.4 is 42.4 Å². The number of anilines is 4. The number of carboxylic acids is 2. The molecule has 0 fully saturated rings. The number of hydrogen-bond donors (Lipinski definition) is 5. The minimum absolute atomic E-state index is 0.0326. The van der Waals surface area contributed by atoms with Crippen LogP contribution in [0.2, 0.25) is 0 Å². The normalized spacial score (nSPS) is 15.7. The van der Waals surface area contributed by atoms with Crippen LogP contribution in [0.3, 0.4) is 0 Å². The number of rotatable bonds is 9. The molecule has 176 valence electrons. The minimum Gasteiger partial charge on any atom is -0.550 e. The number of nitrogen functional groups attached to an aromatic ring is 1. The van der Waals surface area contributed by atoms with Gasteiger partial charge in [0.05, 0.1) is 18.1 Å². The molecule has 1 amide bonds. The minimum atomic E-state index is -1.58. The predicted molar refractivity (Wildman–Crippen MR) is 115 cm³/mol. The lowest BCUT2D eigenvalue weighted by molar-refractivity contribution is -0.309. The van der Waals surface area contributed by atoms with Crippen LogP contribution in [0.4, 0.5) is 23.1 Å². The zero-order chi connectivity index (χ0) is 24.1. The fourth-order valence-electron chi connectivity index (χ4n) is 3.41. The van der Waals surface area contributed by atoms with Gasteiger partial charge in [-0.1, -0.05) is 0 Å². The molecule has 3 rings (SSSR count).